The van der Waals surface area contributed by atoms with Crippen LogP contribution in [0.15, 0.2) is 85.1 Å². The monoisotopic (exact) mass is 833 g/mol. The molecule has 0 spiro atoms. The molecule has 0 aromatic rings. The largest absolute Gasteiger partial charge is 0.472 e. The average molecular weight is 833 g/mol. The van der Waals surface area contributed by atoms with Gasteiger partial charge in [-0.3, -0.25) is 18.6 Å². The lowest BCUT2D eigenvalue weighted by molar-refractivity contribution is -0.870. The fourth-order valence-electron chi connectivity index (χ4n) is 5.43. The fourth-order valence-corrected chi connectivity index (χ4v) is 6.17. The summed E-state index contributed by atoms with van der Waals surface area (Å²) in [5.74, 6) is -0.896. The zero-order chi connectivity index (χ0) is 42.8. The number of rotatable bonds is 39. The third-order valence-electron chi connectivity index (χ3n) is 8.91. The summed E-state index contributed by atoms with van der Waals surface area (Å²) in [4.78, 5) is 35.4. The van der Waals surface area contributed by atoms with Crippen molar-refractivity contribution in [2.45, 2.75) is 161 Å². The Bertz CT molecular complexity index is 1260. The Morgan fingerprint density at radius 1 is 0.552 bits per heavy atom. The number of phosphoric acid groups is 1. The van der Waals surface area contributed by atoms with Gasteiger partial charge in [-0.1, -0.05) is 144 Å². The van der Waals surface area contributed by atoms with Crippen molar-refractivity contribution in [3.8, 4) is 0 Å². The van der Waals surface area contributed by atoms with E-state index in [4.69, 9.17) is 18.5 Å². The van der Waals surface area contributed by atoms with Crippen LogP contribution in [0, 0.1) is 0 Å². The van der Waals surface area contributed by atoms with Gasteiger partial charge in [-0.25, -0.2) is 4.57 Å². The van der Waals surface area contributed by atoms with E-state index in [1.165, 1.54) is 38.5 Å². The van der Waals surface area contributed by atoms with E-state index in [2.05, 4.69) is 98.9 Å². The molecule has 9 nitrogen and oxygen atoms in total. The van der Waals surface area contributed by atoms with Gasteiger partial charge >= 0.3 is 19.8 Å². The Balaban J connectivity index is 4.50. The van der Waals surface area contributed by atoms with E-state index in [0.29, 0.717) is 23.9 Å². The molecule has 0 aliphatic heterocycles. The Morgan fingerprint density at radius 3 is 1.52 bits per heavy atom. The Kier molecular flexibility index (Phi) is 37.7. The molecule has 0 aromatic carbocycles. The quantitative estimate of drug-likeness (QED) is 0.0214. The third-order valence-corrected chi connectivity index (χ3v) is 9.89. The van der Waals surface area contributed by atoms with Gasteiger partial charge in [0.15, 0.2) is 6.10 Å². The lowest BCUT2D eigenvalue weighted by Gasteiger charge is -2.24. The molecule has 1 N–H and O–H groups in total. The summed E-state index contributed by atoms with van der Waals surface area (Å²) in [6.45, 7) is 4.19. The van der Waals surface area contributed by atoms with Crippen LogP contribution in [0.3, 0.4) is 0 Å². The number of hydrogen-bond donors (Lipinski definition) is 1. The lowest BCUT2D eigenvalue weighted by atomic mass is 10.1. The molecule has 1 unspecified atom stereocenters. The molecule has 10 heteroatoms. The molecule has 0 bridgehead atoms. The minimum absolute atomic E-state index is 0.0143. The van der Waals surface area contributed by atoms with E-state index in [1.807, 2.05) is 21.1 Å². The summed E-state index contributed by atoms with van der Waals surface area (Å²) in [5, 5.41) is 0. The van der Waals surface area contributed by atoms with Crippen LogP contribution in [0.2, 0.25) is 0 Å². The first-order chi connectivity index (χ1) is 28.0. The number of ether oxygens (including phenoxy) is 2. The molecular weight excluding hydrogens is 750 g/mol. The maximum atomic E-state index is 12.7. The number of hydrogen-bond acceptors (Lipinski definition) is 7. The zero-order valence-electron chi connectivity index (χ0n) is 37.2. The van der Waals surface area contributed by atoms with Crippen LogP contribution < -0.4 is 0 Å². The van der Waals surface area contributed by atoms with Crippen molar-refractivity contribution in [2.75, 3.05) is 47.5 Å². The van der Waals surface area contributed by atoms with Crippen LogP contribution in [0.1, 0.15) is 155 Å². The molecule has 2 atom stereocenters. The highest BCUT2D eigenvalue weighted by atomic mass is 31.2. The Labute approximate surface area is 354 Å². The number of allylic oxidation sites excluding steroid dienone is 14. The van der Waals surface area contributed by atoms with E-state index >= 15 is 0 Å². The molecule has 58 heavy (non-hydrogen) atoms. The normalized spacial score (nSPS) is 14.4. The SMILES string of the molecule is CC/C=C\C/C=C\C/C=C\C/C=C\CCCCCCC(=O)O[C@H](COC(=O)CCC/C=C\C/C=C\C/C=C\CCCCCCCC)COP(=O)(O)OCC[N+](C)(C)C. The van der Waals surface area contributed by atoms with Crippen LogP contribution in [-0.4, -0.2) is 74.9 Å². The van der Waals surface area contributed by atoms with Crippen molar-refractivity contribution < 1.29 is 42.1 Å². The number of nitrogens with zero attached hydrogens (tertiary/aromatic N) is 1. The summed E-state index contributed by atoms with van der Waals surface area (Å²) in [6, 6.07) is 0. The van der Waals surface area contributed by atoms with Gasteiger partial charge in [0.2, 0.25) is 0 Å². The van der Waals surface area contributed by atoms with Crippen LogP contribution >= 0.6 is 7.82 Å². The molecule has 0 aliphatic rings. The van der Waals surface area contributed by atoms with Crippen molar-refractivity contribution in [3.05, 3.63) is 85.1 Å². The molecule has 0 fully saturated rings. The highest BCUT2D eigenvalue weighted by Crippen LogP contribution is 2.43. The van der Waals surface area contributed by atoms with Crippen molar-refractivity contribution >= 4 is 19.8 Å². The minimum Gasteiger partial charge on any atom is -0.462 e. The van der Waals surface area contributed by atoms with Crippen LogP contribution in [0.5, 0.6) is 0 Å². The standard InChI is InChI=1S/C48H82NO8P/c1-6-8-10-12-14-16-18-20-22-24-26-28-30-32-34-36-38-40-47(50)54-44-46(45-56-58(52,53)55-43-42-49(3,4)5)57-48(51)41-39-37-35-33-31-29-27-25-23-21-19-17-15-13-11-9-7-2/h9,11,15,17,20-23,26-29,32,34,46H,6-8,10,12-14,16,18-19,24-25,30-31,33,35-45H2,1-5H3/p+1/b11-9-,17-15-,22-20-,23-21-,28-26-,29-27-,34-32-/t46-/m1/s1. The fraction of sp³-hybridized carbons (Fsp3) is 0.667. The highest BCUT2D eigenvalue weighted by Gasteiger charge is 2.27. The van der Waals surface area contributed by atoms with Crippen molar-refractivity contribution in [1.82, 2.24) is 0 Å². The predicted molar refractivity (Wildman–Crippen MR) is 242 cm³/mol. The molecule has 0 radical (unpaired) electrons. The molecular formula is C48H83NO8P+. The summed E-state index contributed by atoms with van der Waals surface area (Å²) in [5.41, 5.74) is 0. The molecule has 0 saturated heterocycles. The molecule has 0 saturated carbocycles. The van der Waals surface area contributed by atoms with Gasteiger partial charge in [-0.15, -0.1) is 0 Å². The molecule has 0 aliphatic carbocycles. The first kappa shape index (κ1) is 55.2. The maximum Gasteiger partial charge on any atom is 0.472 e. The number of phosphoric ester groups is 1. The van der Waals surface area contributed by atoms with Crippen molar-refractivity contribution in [3.63, 3.8) is 0 Å². The molecule has 0 amide bonds. The van der Waals surface area contributed by atoms with Gasteiger partial charge in [0, 0.05) is 12.8 Å². The lowest BCUT2D eigenvalue weighted by Crippen LogP contribution is -2.37. The minimum atomic E-state index is -4.40. The van der Waals surface area contributed by atoms with Gasteiger partial charge in [-0.05, 0) is 83.5 Å². The van der Waals surface area contributed by atoms with E-state index in [0.717, 1.165) is 77.0 Å². The second kappa shape index (κ2) is 39.6. The van der Waals surface area contributed by atoms with Gasteiger partial charge in [0.25, 0.3) is 0 Å². The third kappa shape index (κ3) is 42.8. The van der Waals surface area contributed by atoms with Crippen molar-refractivity contribution in [1.29, 1.82) is 0 Å². The van der Waals surface area contributed by atoms with Crippen LogP contribution in [0.25, 0.3) is 0 Å². The molecule has 332 valence electrons. The number of unbranched alkanes of at least 4 members (excludes halogenated alkanes) is 11. The summed E-state index contributed by atoms with van der Waals surface area (Å²) in [7, 11) is 1.42. The second-order valence-electron chi connectivity index (χ2n) is 15.7. The first-order valence-electron chi connectivity index (χ1n) is 22.3. The number of esters is 2. The second-order valence-corrected chi connectivity index (χ2v) is 17.1. The Hall–Kier alpha value is -2.81. The molecule has 0 heterocycles. The molecule has 0 aromatic heterocycles. The number of likely N-dealkylation sites (N-methyl/N-ethyl adjacent to an activating group) is 1. The summed E-state index contributed by atoms with van der Waals surface area (Å²) in [6.07, 6.45) is 50.7. The Morgan fingerprint density at radius 2 is 1.00 bits per heavy atom. The van der Waals surface area contributed by atoms with E-state index in [-0.39, 0.29) is 26.1 Å². The van der Waals surface area contributed by atoms with Gasteiger partial charge in [0.05, 0.1) is 27.7 Å². The topological polar surface area (TPSA) is 108 Å². The van der Waals surface area contributed by atoms with Gasteiger partial charge in [-0.2, -0.15) is 0 Å². The average Bonchev–Trinajstić information content (AvgIpc) is 3.17. The smallest absolute Gasteiger partial charge is 0.462 e. The highest BCUT2D eigenvalue weighted by molar-refractivity contribution is 7.47. The summed E-state index contributed by atoms with van der Waals surface area (Å²) >= 11 is 0. The number of carbonyl (C=O) groups excluding carboxylic acids is 2. The van der Waals surface area contributed by atoms with E-state index in [1.54, 1.807) is 0 Å². The van der Waals surface area contributed by atoms with Crippen LogP contribution in [0.4, 0.5) is 0 Å². The number of carbonyl (C=O) groups is 2. The number of quaternary nitrogens is 1. The summed E-state index contributed by atoms with van der Waals surface area (Å²) < 4.78 is 34.2. The zero-order valence-corrected chi connectivity index (χ0v) is 38.1. The first-order valence-corrected chi connectivity index (χ1v) is 23.8. The van der Waals surface area contributed by atoms with Gasteiger partial charge < -0.3 is 18.9 Å². The maximum absolute atomic E-state index is 12.7. The van der Waals surface area contributed by atoms with Crippen LogP contribution in [-0.2, 0) is 32.7 Å². The van der Waals surface area contributed by atoms with Gasteiger partial charge in [0.1, 0.15) is 19.8 Å². The van der Waals surface area contributed by atoms with Crippen molar-refractivity contribution in [2.24, 2.45) is 0 Å². The van der Waals surface area contributed by atoms with E-state index < -0.39 is 32.5 Å². The predicted octanol–water partition coefficient (Wildman–Crippen LogP) is 12.8. The van der Waals surface area contributed by atoms with E-state index in [9.17, 15) is 19.0 Å². The molecule has 0 rings (SSSR count).